The van der Waals surface area contributed by atoms with Gasteiger partial charge in [0.15, 0.2) is 5.58 Å². The third kappa shape index (κ3) is 3.95. The predicted molar refractivity (Wildman–Crippen MR) is 121 cm³/mol. The van der Waals surface area contributed by atoms with Gasteiger partial charge in [-0.2, -0.15) is 0 Å². The number of amides is 1. The number of carbonyl (C=O) groups is 1. The van der Waals surface area contributed by atoms with Gasteiger partial charge in [0, 0.05) is 22.7 Å². The fourth-order valence-electron chi connectivity index (χ4n) is 3.25. The van der Waals surface area contributed by atoms with E-state index in [4.69, 9.17) is 9.51 Å². The lowest BCUT2D eigenvalue weighted by atomic mass is 10.1. The van der Waals surface area contributed by atoms with Crippen molar-refractivity contribution < 1.29 is 9.32 Å². The summed E-state index contributed by atoms with van der Waals surface area (Å²) < 4.78 is 5.47. The molecule has 3 aromatic heterocycles. The highest BCUT2D eigenvalue weighted by Gasteiger charge is 2.17. The van der Waals surface area contributed by atoms with Crippen molar-refractivity contribution in [1.29, 1.82) is 0 Å². The van der Waals surface area contributed by atoms with Gasteiger partial charge in [0.1, 0.15) is 16.4 Å². The number of hydrogen-bond acceptors (Lipinski definition) is 6. The Kier molecular flexibility index (Phi) is 5.01. The van der Waals surface area contributed by atoms with Gasteiger partial charge in [-0.05, 0) is 37.3 Å². The van der Waals surface area contributed by atoms with Crippen molar-refractivity contribution in [3.05, 3.63) is 89.1 Å². The van der Waals surface area contributed by atoms with Crippen molar-refractivity contribution in [3.63, 3.8) is 0 Å². The first-order valence-corrected chi connectivity index (χ1v) is 10.7. The van der Waals surface area contributed by atoms with Crippen LogP contribution in [-0.4, -0.2) is 21.0 Å². The minimum Gasteiger partial charge on any atom is -0.356 e. The zero-order valence-corrected chi connectivity index (χ0v) is 17.5. The van der Waals surface area contributed by atoms with Crippen LogP contribution < -0.4 is 5.32 Å². The summed E-state index contributed by atoms with van der Waals surface area (Å²) in [5.41, 5.74) is 5.56. The van der Waals surface area contributed by atoms with E-state index in [1.807, 2.05) is 23.6 Å². The third-order valence-corrected chi connectivity index (χ3v) is 5.83. The molecule has 2 aromatic carbocycles. The highest BCUT2D eigenvalue weighted by molar-refractivity contribution is 7.13. The lowest BCUT2D eigenvalue weighted by Crippen LogP contribution is -2.23. The number of nitrogens with zero attached hydrogens (tertiary/aromatic N) is 3. The number of aromatic nitrogens is 3. The summed E-state index contributed by atoms with van der Waals surface area (Å²) in [6.07, 6.45) is 1.70. The van der Waals surface area contributed by atoms with Gasteiger partial charge >= 0.3 is 0 Å². The summed E-state index contributed by atoms with van der Waals surface area (Å²) in [5, 5.41) is 10.7. The summed E-state index contributed by atoms with van der Waals surface area (Å²) >= 11 is 1.55. The third-order valence-electron chi connectivity index (χ3n) is 4.93. The van der Waals surface area contributed by atoms with Gasteiger partial charge in [-0.1, -0.05) is 41.1 Å². The van der Waals surface area contributed by atoms with Gasteiger partial charge in [-0.15, -0.1) is 11.3 Å². The molecule has 0 aliphatic rings. The van der Waals surface area contributed by atoms with Crippen LogP contribution in [0.1, 0.15) is 21.6 Å². The number of rotatable bonds is 5. The molecule has 0 atom stereocenters. The number of aryl methyl sites for hydroxylation is 1. The van der Waals surface area contributed by atoms with Gasteiger partial charge in [0.25, 0.3) is 5.91 Å². The van der Waals surface area contributed by atoms with Gasteiger partial charge < -0.3 is 9.84 Å². The van der Waals surface area contributed by atoms with E-state index in [0.29, 0.717) is 23.4 Å². The van der Waals surface area contributed by atoms with Crippen molar-refractivity contribution >= 4 is 28.2 Å². The second-order valence-electron chi connectivity index (χ2n) is 7.15. The number of pyridine rings is 1. The molecule has 6 nitrogen and oxygen atoms in total. The van der Waals surface area contributed by atoms with Crippen molar-refractivity contribution in [2.75, 3.05) is 0 Å². The molecular formula is C24H18N4O2S. The molecule has 0 saturated heterocycles. The molecule has 152 valence electrons. The van der Waals surface area contributed by atoms with E-state index < -0.39 is 0 Å². The summed E-state index contributed by atoms with van der Waals surface area (Å²) in [6, 6.07) is 19.1. The standard InChI is InChI=1S/C24H18N4O2S/c1-15-5-7-16(8-6-15)24-27-20(14-31-24)22-19-12-17(9-10-21(19)30-28-22)23(29)26-13-18-4-2-3-11-25-18/h2-12,14H,13H2,1H3,(H,26,29). The summed E-state index contributed by atoms with van der Waals surface area (Å²) in [6.45, 7) is 2.42. The molecule has 0 aliphatic carbocycles. The smallest absolute Gasteiger partial charge is 0.251 e. The SMILES string of the molecule is Cc1ccc(-c2nc(-c3noc4ccc(C(=O)NCc5ccccn5)cc34)cs2)cc1. The zero-order chi connectivity index (χ0) is 21.2. The second-order valence-corrected chi connectivity index (χ2v) is 8.01. The van der Waals surface area contributed by atoms with Crippen molar-refractivity contribution in [2.45, 2.75) is 13.5 Å². The molecule has 5 rings (SSSR count). The number of nitrogens with one attached hydrogen (secondary N) is 1. The van der Waals surface area contributed by atoms with E-state index in [9.17, 15) is 4.79 Å². The van der Waals surface area contributed by atoms with Crippen molar-refractivity contribution in [1.82, 2.24) is 20.4 Å². The van der Waals surface area contributed by atoms with Gasteiger partial charge in [0.2, 0.25) is 0 Å². The maximum Gasteiger partial charge on any atom is 0.251 e. The minimum atomic E-state index is -0.182. The summed E-state index contributed by atoms with van der Waals surface area (Å²) in [5.74, 6) is -0.182. The highest BCUT2D eigenvalue weighted by atomic mass is 32.1. The Hall–Kier alpha value is -3.84. The molecule has 0 bridgehead atoms. The first-order valence-electron chi connectivity index (χ1n) is 9.78. The van der Waals surface area contributed by atoms with Crippen LogP contribution in [0.5, 0.6) is 0 Å². The maximum atomic E-state index is 12.6. The number of hydrogen-bond donors (Lipinski definition) is 1. The van der Waals surface area contributed by atoms with E-state index in [0.717, 1.165) is 27.3 Å². The number of benzene rings is 2. The molecule has 1 amide bonds. The topological polar surface area (TPSA) is 80.9 Å². The van der Waals surface area contributed by atoms with Crippen LogP contribution in [0.3, 0.4) is 0 Å². The molecule has 7 heteroatoms. The highest BCUT2D eigenvalue weighted by Crippen LogP contribution is 2.33. The Morgan fingerprint density at radius 3 is 2.77 bits per heavy atom. The Labute approximate surface area is 182 Å². The average Bonchev–Trinajstić information content (AvgIpc) is 3.45. The van der Waals surface area contributed by atoms with E-state index >= 15 is 0 Å². The lowest BCUT2D eigenvalue weighted by molar-refractivity contribution is 0.0950. The number of carbonyl (C=O) groups excluding carboxylic acids is 1. The van der Waals surface area contributed by atoms with Gasteiger partial charge in [-0.25, -0.2) is 4.98 Å². The maximum absolute atomic E-state index is 12.6. The monoisotopic (exact) mass is 426 g/mol. The molecule has 1 N–H and O–H groups in total. The van der Waals surface area contributed by atoms with Crippen LogP contribution in [0.25, 0.3) is 32.9 Å². The van der Waals surface area contributed by atoms with Crippen LogP contribution in [0.15, 0.2) is 76.8 Å². The molecular weight excluding hydrogens is 408 g/mol. The zero-order valence-electron chi connectivity index (χ0n) is 16.7. The van der Waals surface area contributed by atoms with E-state index in [1.165, 1.54) is 5.56 Å². The first kappa shape index (κ1) is 19.1. The largest absolute Gasteiger partial charge is 0.356 e. The molecule has 5 aromatic rings. The fraction of sp³-hybridized carbons (Fsp3) is 0.0833. The molecule has 0 fully saturated rings. The Morgan fingerprint density at radius 1 is 1.10 bits per heavy atom. The second kappa shape index (κ2) is 8.12. The van der Waals surface area contributed by atoms with Crippen LogP contribution in [0.2, 0.25) is 0 Å². The van der Waals surface area contributed by atoms with Crippen LogP contribution in [0.4, 0.5) is 0 Å². The molecule has 31 heavy (non-hydrogen) atoms. The van der Waals surface area contributed by atoms with E-state index in [1.54, 1.807) is 35.7 Å². The molecule has 3 heterocycles. The Bertz CT molecular complexity index is 1360. The normalized spacial score (nSPS) is 11.0. The quantitative estimate of drug-likeness (QED) is 0.415. The lowest BCUT2D eigenvalue weighted by Gasteiger charge is -2.04. The summed E-state index contributed by atoms with van der Waals surface area (Å²) in [7, 11) is 0. The molecule has 0 saturated carbocycles. The molecule has 0 unspecified atom stereocenters. The molecule has 0 aliphatic heterocycles. The van der Waals surface area contributed by atoms with Crippen molar-refractivity contribution in [3.8, 4) is 22.0 Å². The van der Waals surface area contributed by atoms with Crippen LogP contribution in [0, 0.1) is 6.92 Å². The molecule has 0 spiro atoms. The Balaban J connectivity index is 1.41. The average molecular weight is 427 g/mol. The van der Waals surface area contributed by atoms with Gasteiger partial charge in [0.05, 0.1) is 17.6 Å². The number of fused-ring (bicyclic) bond motifs is 1. The van der Waals surface area contributed by atoms with Gasteiger partial charge in [-0.3, -0.25) is 9.78 Å². The summed E-state index contributed by atoms with van der Waals surface area (Å²) in [4.78, 5) is 21.6. The van der Waals surface area contributed by atoms with Crippen LogP contribution in [-0.2, 0) is 6.54 Å². The minimum absolute atomic E-state index is 0.182. The van der Waals surface area contributed by atoms with Crippen molar-refractivity contribution in [2.24, 2.45) is 0 Å². The van der Waals surface area contributed by atoms with E-state index in [2.05, 4.69) is 46.6 Å². The van der Waals surface area contributed by atoms with E-state index in [-0.39, 0.29) is 5.91 Å². The molecule has 0 radical (unpaired) electrons. The van der Waals surface area contributed by atoms with Crippen LogP contribution >= 0.6 is 11.3 Å². The first-order chi connectivity index (χ1) is 15.2. The fourth-order valence-corrected chi connectivity index (χ4v) is 4.06. The number of thiazole rings is 1. The predicted octanol–water partition coefficient (Wildman–Crippen LogP) is 5.25. The Morgan fingerprint density at radius 2 is 1.97 bits per heavy atom.